The molecule has 0 aromatic carbocycles. The number of rotatable bonds is 8. The van der Waals surface area contributed by atoms with Gasteiger partial charge in [0, 0.05) is 11.6 Å². The van der Waals surface area contributed by atoms with E-state index in [2.05, 4.69) is 40.7 Å². The standard InChI is InChI=1S/C6H10ClNO3.C6H8ClNO2.C6H15N.C3H5ClO2.CH4/c1-6(2,5(10)11)8-4(9)3-7;1-6(2)5(9)10-4(3-7)8-6;1-4-7(5-2)6-3;1-2-6-3(4)5;/h3H2,1-2H3,(H,8,9)(H,10,11);3H2,1-2H3;4-6H2,1-3H3;2H2,1H3;1H4. The van der Waals surface area contributed by atoms with Crippen molar-refractivity contribution in [2.45, 2.75) is 73.9 Å². The number of ether oxygens (including phenoxy) is 2. The lowest BCUT2D eigenvalue weighted by molar-refractivity contribution is -0.145. The first-order chi connectivity index (χ1) is 15.6. The van der Waals surface area contributed by atoms with Crippen LogP contribution in [-0.4, -0.2) is 88.3 Å². The van der Waals surface area contributed by atoms with Gasteiger partial charge in [-0.15, -0.1) is 23.2 Å². The van der Waals surface area contributed by atoms with Gasteiger partial charge < -0.3 is 24.8 Å². The van der Waals surface area contributed by atoms with Gasteiger partial charge in [0.1, 0.15) is 11.4 Å². The summed E-state index contributed by atoms with van der Waals surface area (Å²) in [6.45, 7) is 18.3. The summed E-state index contributed by atoms with van der Waals surface area (Å²) in [6.07, 6.45) is 0. The fraction of sp³-hybridized carbons (Fsp3) is 0.773. The molecule has 0 radical (unpaired) electrons. The molecule has 0 fully saturated rings. The molecule has 1 aliphatic rings. The van der Waals surface area contributed by atoms with Gasteiger partial charge in [-0.3, -0.25) is 4.79 Å². The first kappa shape index (κ1) is 40.5. The summed E-state index contributed by atoms with van der Waals surface area (Å²) < 4.78 is 8.87. The van der Waals surface area contributed by atoms with Crippen LogP contribution < -0.4 is 5.32 Å². The van der Waals surface area contributed by atoms with E-state index in [9.17, 15) is 19.2 Å². The molecule has 208 valence electrons. The van der Waals surface area contributed by atoms with Gasteiger partial charge in [0.2, 0.25) is 11.8 Å². The molecule has 10 nitrogen and oxygen atoms in total. The van der Waals surface area contributed by atoms with Crippen LogP contribution in [0, 0.1) is 0 Å². The van der Waals surface area contributed by atoms with E-state index in [-0.39, 0.29) is 25.2 Å². The van der Waals surface area contributed by atoms with E-state index >= 15 is 0 Å². The lowest BCUT2D eigenvalue weighted by Crippen LogP contribution is -2.50. The lowest BCUT2D eigenvalue weighted by atomic mass is 10.1. The number of nitrogens with zero attached hydrogens (tertiary/aromatic N) is 2. The fourth-order valence-corrected chi connectivity index (χ4v) is 2.18. The van der Waals surface area contributed by atoms with E-state index in [4.69, 9.17) is 44.6 Å². The number of hydrogen-bond donors (Lipinski definition) is 2. The zero-order valence-electron chi connectivity index (χ0n) is 21.2. The van der Waals surface area contributed by atoms with Gasteiger partial charge in [-0.05, 0) is 54.3 Å². The number of amides is 1. The number of carbonyl (C=O) groups excluding carboxylic acids is 3. The number of alkyl halides is 2. The maximum atomic E-state index is 10.9. The van der Waals surface area contributed by atoms with Crippen LogP contribution in [0.5, 0.6) is 0 Å². The number of carboxylic acids is 1. The topological polar surface area (TPSA) is 135 Å². The normalized spacial score (nSPS) is 13.1. The quantitative estimate of drug-likeness (QED) is 0.249. The van der Waals surface area contributed by atoms with Crippen molar-refractivity contribution in [3.05, 3.63) is 0 Å². The molecule has 0 aliphatic carbocycles. The average Bonchev–Trinajstić information content (AvgIpc) is 3.02. The molecule has 0 bridgehead atoms. The van der Waals surface area contributed by atoms with Gasteiger partial charge in [0.05, 0.1) is 12.5 Å². The first-order valence-electron chi connectivity index (χ1n) is 10.6. The number of halogens is 3. The third kappa shape index (κ3) is 21.4. The molecule has 1 amide bonds. The van der Waals surface area contributed by atoms with Crippen molar-refractivity contribution < 1.29 is 33.8 Å². The van der Waals surface area contributed by atoms with Gasteiger partial charge in [0.25, 0.3) is 0 Å². The third-order valence-corrected chi connectivity index (χ3v) is 4.52. The molecular formula is C22H42Cl3N3O7. The van der Waals surface area contributed by atoms with Crippen molar-refractivity contribution in [1.29, 1.82) is 0 Å². The van der Waals surface area contributed by atoms with Crippen molar-refractivity contribution in [1.82, 2.24) is 10.2 Å². The van der Waals surface area contributed by atoms with Crippen LogP contribution in [0.25, 0.3) is 0 Å². The number of nitrogens with one attached hydrogen (secondary N) is 1. The second-order valence-electron chi connectivity index (χ2n) is 7.49. The predicted octanol–water partition coefficient (Wildman–Crippen LogP) is 4.53. The third-order valence-electron chi connectivity index (χ3n) is 3.94. The van der Waals surface area contributed by atoms with Crippen LogP contribution in [0.1, 0.15) is 62.8 Å². The molecule has 0 saturated heterocycles. The zero-order chi connectivity index (χ0) is 27.5. The summed E-state index contributed by atoms with van der Waals surface area (Å²) in [7, 11) is 0. The number of cyclic esters (lactones) is 1. The Kier molecular flexibility index (Phi) is 25.1. The number of hydrogen-bond acceptors (Lipinski definition) is 8. The maximum Gasteiger partial charge on any atom is 0.403 e. The second-order valence-corrected chi connectivity index (χ2v) is 8.33. The molecule has 13 heteroatoms. The van der Waals surface area contributed by atoms with Gasteiger partial charge >= 0.3 is 17.4 Å². The Morgan fingerprint density at radius 1 is 1.11 bits per heavy atom. The Balaban J connectivity index is -0.000000187. The summed E-state index contributed by atoms with van der Waals surface area (Å²) in [5.41, 5.74) is -2.71. The molecule has 2 N–H and O–H groups in total. The monoisotopic (exact) mass is 565 g/mol. The van der Waals surface area contributed by atoms with Crippen LogP contribution in [0.4, 0.5) is 4.79 Å². The van der Waals surface area contributed by atoms with Crippen molar-refractivity contribution in [3.8, 4) is 0 Å². The van der Waals surface area contributed by atoms with E-state index in [0.29, 0.717) is 12.5 Å². The van der Waals surface area contributed by atoms with Gasteiger partial charge in [0.15, 0.2) is 5.54 Å². The Morgan fingerprint density at radius 3 is 1.71 bits per heavy atom. The highest BCUT2D eigenvalue weighted by Gasteiger charge is 2.36. The van der Waals surface area contributed by atoms with Crippen LogP contribution in [0.15, 0.2) is 4.99 Å². The van der Waals surface area contributed by atoms with E-state index in [1.54, 1.807) is 20.8 Å². The first-order valence-corrected chi connectivity index (χ1v) is 12.0. The summed E-state index contributed by atoms with van der Waals surface area (Å²) in [5, 5.41) is 10.8. The molecule has 0 unspecified atom stereocenters. The molecule has 1 rings (SSSR count). The van der Waals surface area contributed by atoms with E-state index < -0.39 is 28.4 Å². The summed E-state index contributed by atoms with van der Waals surface area (Å²) in [6, 6.07) is 0. The predicted molar refractivity (Wildman–Crippen MR) is 142 cm³/mol. The minimum atomic E-state index is -1.24. The molecule has 0 aromatic heterocycles. The molecule has 1 heterocycles. The number of aliphatic carboxylic acids is 1. The molecule has 0 atom stereocenters. The summed E-state index contributed by atoms with van der Waals surface area (Å²) in [4.78, 5) is 47.8. The minimum absolute atomic E-state index is 0. The summed E-state index contributed by atoms with van der Waals surface area (Å²) >= 11 is 15.3. The maximum absolute atomic E-state index is 10.9. The number of aliphatic imine (C=N–C) groups is 1. The highest BCUT2D eigenvalue weighted by molar-refractivity contribution is 6.61. The second kappa shape index (κ2) is 21.6. The van der Waals surface area contributed by atoms with Crippen molar-refractivity contribution in [2.75, 3.05) is 38.0 Å². The molecule has 0 saturated carbocycles. The number of carbonyl (C=O) groups is 4. The van der Waals surface area contributed by atoms with Gasteiger partial charge in [-0.1, -0.05) is 28.2 Å². The number of carboxylic acid groups (broad SMARTS) is 1. The van der Waals surface area contributed by atoms with Crippen molar-refractivity contribution >= 4 is 64.0 Å². The Morgan fingerprint density at radius 2 is 1.57 bits per heavy atom. The van der Waals surface area contributed by atoms with E-state index in [1.807, 2.05) is 0 Å². The molecule has 0 spiro atoms. The molecule has 0 aromatic rings. The molecule has 35 heavy (non-hydrogen) atoms. The van der Waals surface area contributed by atoms with Crippen LogP contribution in [0.3, 0.4) is 0 Å². The van der Waals surface area contributed by atoms with E-state index in [1.165, 1.54) is 33.5 Å². The highest BCUT2D eigenvalue weighted by atomic mass is 35.5. The molecular weight excluding hydrogens is 525 g/mol. The lowest BCUT2D eigenvalue weighted by Gasteiger charge is -2.19. The Hall–Kier alpha value is -1.62. The van der Waals surface area contributed by atoms with Crippen molar-refractivity contribution in [2.24, 2.45) is 4.99 Å². The SMILES string of the molecule is C.CC(C)(NC(=O)CCl)C(=O)O.CC1(C)N=C(CCl)OC1=O.CCN(CC)CC.CCOC(=O)Cl. The Labute approximate surface area is 224 Å². The average molecular weight is 567 g/mol. The number of esters is 1. The zero-order valence-corrected chi connectivity index (χ0v) is 23.4. The van der Waals surface area contributed by atoms with Gasteiger partial charge in [-0.25, -0.2) is 19.4 Å². The van der Waals surface area contributed by atoms with E-state index in [0.717, 1.165) is 0 Å². The minimum Gasteiger partial charge on any atom is -0.480 e. The largest absolute Gasteiger partial charge is 0.480 e. The fourth-order valence-electron chi connectivity index (χ4n) is 1.89. The summed E-state index contributed by atoms with van der Waals surface area (Å²) in [5.74, 6) is -1.65. The van der Waals surface area contributed by atoms with Crippen LogP contribution in [0.2, 0.25) is 0 Å². The highest BCUT2D eigenvalue weighted by Crippen LogP contribution is 2.18. The van der Waals surface area contributed by atoms with Crippen LogP contribution >= 0.6 is 34.8 Å². The van der Waals surface area contributed by atoms with Crippen LogP contribution in [-0.2, 0) is 23.9 Å². The van der Waals surface area contributed by atoms with Crippen molar-refractivity contribution in [3.63, 3.8) is 0 Å². The smallest absolute Gasteiger partial charge is 0.403 e. The Bertz CT molecular complexity index is 663. The molecule has 1 aliphatic heterocycles. The van der Waals surface area contributed by atoms with Gasteiger partial charge in [-0.2, -0.15) is 0 Å².